The second-order valence-electron chi connectivity index (χ2n) is 4.54. The Morgan fingerprint density at radius 1 is 1.10 bits per heavy atom. The molecule has 1 fully saturated rings. The lowest BCUT2D eigenvalue weighted by Crippen LogP contribution is -2.08. The molecule has 0 saturated carbocycles. The number of hydrogen-bond acceptors (Lipinski definition) is 4. The van der Waals surface area contributed by atoms with Gasteiger partial charge in [0.1, 0.15) is 5.75 Å². The molecule has 2 nitrogen and oxygen atoms in total. The molecule has 0 spiro atoms. The van der Waals surface area contributed by atoms with Crippen molar-refractivity contribution < 1.29 is 9.53 Å². The molecule has 0 atom stereocenters. The number of ether oxygens (including phenoxy) is 1. The maximum absolute atomic E-state index is 12.1. The van der Waals surface area contributed by atoms with Crippen LogP contribution in [0.4, 0.5) is 0 Å². The van der Waals surface area contributed by atoms with Crippen LogP contribution in [-0.2, 0) is 0 Å². The van der Waals surface area contributed by atoms with E-state index in [1.54, 1.807) is 12.1 Å². The molecule has 21 heavy (non-hydrogen) atoms. The highest BCUT2D eigenvalue weighted by molar-refractivity contribution is 9.10. The molecule has 0 aliphatic carbocycles. The van der Waals surface area contributed by atoms with Crippen molar-refractivity contribution in [2.45, 2.75) is 4.58 Å². The molecule has 5 heteroatoms. The summed E-state index contributed by atoms with van der Waals surface area (Å²) in [7, 11) is 0. The largest absolute Gasteiger partial charge is 0.423 e. The van der Waals surface area contributed by atoms with Crippen LogP contribution < -0.4 is 4.74 Å². The second kappa shape index (κ2) is 6.90. The van der Waals surface area contributed by atoms with Gasteiger partial charge in [0.2, 0.25) is 0 Å². The normalized spacial score (nSPS) is 15.1. The highest BCUT2D eigenvalue weighted by Crippen LogP contribution is 2.45. The van der Waals surface area contributed by atoms with Crippen molar-refractivity contribution in [3.05, 3.63) is 64.1 Å². The smallest absolute Gasteiger partial charge is 0.343 e. The predicted molar refractivity (Wildman–Crippen MR) is 93.2 cm³/mol. The van der Waals surface area contributed by atoms with E-state index in [1.807, 2.05) is 59.9 Å². The highest BCUT2D eigenvalue weighted by Gasteiger charge is 2.18. The quantitative estimate of drug-likeness (QED) is 0.543. The number of halogens is 1. The van der Waals surface area contributed by atoms with Crippen molar-refractivity contribution >= 4 is 45.4 Å². The van der Waals surface area contributed by atoms with Gasteiger partial charge in [-0.25, -0.2) is 4.79 Å². The highest BCUT2D eigenvalue weighted by atomic mass is 79.9. The van der Waals surface area contributed by atoms with Gasteiger partial charge < -0.3 is 4.74 Å². The van der Waals surface area contributed by atoms with Crippen LogP contribution in [0.5, 0.6) is 5.75 Å². The van der Waals surface area contributed by atoms with Crippen LogP contribution in [0.1, 0.15) is 20.5 Å². The van der Waals surface area contributed by atoms with Crippen molar-refractivity contribution in [3.8, 4) is 5.75 Å². The fourth-order valence-corrected chi connectivity index (χ4v) is 5.28. The molecule has 0 aromatic heterocycles. The van der Waals surface area contributed by atoms with Gasteiger partial charge >= 0.3 is 5.97 Å². The fourth-order valence-electron chi connectivity index (χ4n) is 2.03. The lowest BCUT2D eigenvalue weighted by Gasteiger charge is -2.09. The van der Waals surface area contributed by atoms with Gasteiger partial charge in [-0.2, -0.15) is 0 Å². The maximum atomic E-state index is 12.1. The predicted octanol–water partition coefficient (Wildman–Crippen LogP) is 5.15. The molecule has 1 saturated heterocycles. The molecular weight excluding hydrogens is 368 g/mol. The molecule has 1 aliphatic rings. The van der Waals surface area contributed by atoms with E-state index in [-0.39, 0.29) is 5.97 Å². The Hall–Kier alpha value is -0.910. The van der Waals surface area contributed by atoms with E-state index in [9.17, 15) is 4.79 Å². The van der Waals surface area contributed by atoms with Crippen LogP contribution in [0.25, 0.3) is 0 Å². The van der Waals surface area contributed by atoms with Crippen LogP contribution in [-0.4, -0.2) is 17.5 Å². The minimum absolute atomic E-state index is 0.339. The van der Waals surface area contributed by atoms with Crippen molar-refractivity contribution in [1.82, 2.24) is 0 Å². The summed E-state index contributed by atoms with van der Waals surface area (Å²) in [5.74, 6) is 2.65. The Morgan fingerprint density at radius 3 is 2.48 bits per heavy atom. The molecule has 2 aromatic carbocycles. The molecule has 0 bridgehead atoms. The lowest BCUT2D eigenvalue weighted by molar-refractivity contribution is 0.0734. The average molecular weight is 381 g/mol. The van der Waals surface area contributed by atoms with Crippen LogP contribution >= 0.6 is 39.5 Å². The van der Waals surface area contributed by atoms with E-state index in [0.29, 0.717) is 15.9 Å². The number of carbonyl (C=O) groups excluding carboxylic acids is 1. The zero-order valence-electron chi connectivity index (χ0n) is 11.1. The summed E-state index contributed by atoms with van der Waals surface area (Å²) in [5.41, 5.74) is 1.82. The van der Waals surface area contributed by atoms with Crippen LogP contribution in [0.3, 0.4) is 0 Å². The van der Waals surface area contributed by atoms with Gasteiger partial charge in [-0.1, -0.05) is 34.1 Å². The Labute approximate surface area is 140 Å². The van der Waals surface area contributed by atoms with Crippen LogP contribution in [0.2, 0.25) is 0 Å². The average Bonchev–Trinajstić information content (AvgIpc) is 3.02. The molecule has 1 aliphatic heterocycles. The van der Waals surface area contributed by atoms with Crippen molar-refractivity contribution in [2.24, 2.45) is 0 Å². The standard InChI is InChI=1S/C16H13BrO2S2/c17-13-3-1-2-12(10-13)15(18)19-14-6-4-11(5-7-14)16-20-8-9-21-16/h1-7,10,16H,8-9H2. The van der Waals surface area contributed by atoms with Gasteiger partial charge in [-0.3, -0.25) is 0 Å². The maximum Gasteiger partial charge on any atom is 0.343 e. The summed E-state index contributed by atoms with van der Waals surface area (Å²) >= 11 is 7.28. The molecule has 0 radical (unpaired) electrons. The number of benzene rings is 2. The van der Waals surface area contributed by atoms with Gasteiger partial charge in [0.05, 0.1) is 10.1 Å². The summed E-state index contributed by atoms with van der Waals surface area (Å²) in [6, 6.07) is 15.0. The van der Waals surface area contributed by atoms with E-state index in [0.717, 1.165) is 4.47 Å². The first-order valence-corrected chi connectivity index (χ1v) is 9.42. The van der Waals surface area contributed by atoms with E-state index >= 15 is 0 Å². The number of rotatable bonds is 3. The first-order chi connectivity index (χ1) is 10.2. The molecular formula is C16H13BrO2S2. The van der Waals surface area contributed by atoms with Crippen LogP contribution in [0, 0.1) is 0 Å². The van der Waals surface area contributed by atoms with Gasteiger partial charge in [-0.15, -0.1) is 23.5 Å². The SMILES string of the molecule is O=C(Oc1ccc(C2SCCS2)cc1)c1cccc(Br)c1. The molecule has 2 aromatic rings. The van der Waals surface area contributed by atoms with Crippen molar-refractivity contribution in [1.29, 1.82) is 0 Å². The zero-order chi connectivity index (χ0) is 14.7. The second-order valence-corrected chi connectivity index (χ2v) is 8.18. The minimum atomic E-state index is -0.339. The van der Waals surface area contributed by atoms with E-state index in [1.165, 1.54) is 17.1 Å². The van der Waals surface area contributed by atoms with E-state index in [4.69, 9.17) is 4.74 Å². The zero-order valence-corrected chi connectivity index (χ0v) is 14.3. The minimum Gasteiger partial charge on any atom is -0.423 e. The van der Waals surface area contributed by atoms with Gasteiger partial charge in [0, 0.05) is 16.0 Å². The summed E-state index contributed by atoms with van der Waals surface area (Å²) in [5, 5.41) is 0. The van der Waals surface area contributed by atoms with E-state index < -0.39 is 0 Å². The van der Waals surface area contributed by atoms with Crippen LogP contribution in [0.15, 0.2) is 53.0 Å². The van der Waals surface area contributed by atoms with E-state index in [2.05, 4.69) is 15.9 Å². The third kappa shape index (κ3) is 3.84. The topological polar surface area (TPSA) is 26.3 Å². The van der Waals surface area contributed by atoms with Crippen molar-refractivity contribution in [3.63, 3.8) is 0 Å². The van der Waals surface area contributed by atoms with Crippen molar-refractivity contribution in [2.75, 3.05) is 11.5 Å². The third-order valence-electron chi connectivity index (χ3n) is 3.04. The molecule has 1 heterocycles. The first-order valence-electron chi connectivity index (χ1n) is 6.53. The Balaban J connectivity index is 1.68. The Kier molecular flexibility index (Phi) is 4.93. The Morgan fingerprint density at radius 2 is 1.81 bits per heavy atom. The van der Waals surface area contributed by atoms with Gasteiger partial charge in [-0.05, 0) is 35.9 Å². The first kappa shape index (κ1) is 15.0. The molecule has 0 amide bonds. The summed E-state index contributed by atoms with van der Waals surface area (Å²) in [6.07, 6.45) is 0. The fraction of sp³-hybridized carbons (Fsp3) is 0.188. The van der Waals surface area contributed by atoms with Gasteiger partial charge in [0.15, 0.2) is 0 Å². The molecule has 0 unspecified atom stereocenters. The lowest BCUT2D eigenvalue weighted by atomic mass is 10.2. The summed E-state index contributed by atoms with van der Waals surface area (Å²) in [4.78, 5) is 12.1. The third-order valence-corrected chi connectivity index (χ3v) is 6.64. The number of esters is 1. The van der Waals surface area contributed by atoms with Gasteiger partial charge in [0.25, 0.3) is 0 Å². The number of carbonyl (C=O) groups is 1. The summed E-state index contributed by atoms with van der Waals surface area (Å²) in [6.45, 7) is 0. The molecule has 3 rings (SSSR count). The molecule has 108 valence electrons. The monoisotopic (exact) mass is 380 g/mol. The number of thioether (sulfide) groups is 2. The Bertz CT molecular complexity index is 637. The summed E-state index contributed by atoms with van der Waals surface area (Å²) < 4.78 is 6.78. The number of hydrogen-bond donors (Lipinski definition) is 0. The molecule has 0 N–H and O–H groups in total.